The highest BCUT2D eigenvalue weighted by Crippen LogP contribution is 2.64. The van der Waals surface area contributed by atoms with Crippen LogP contribution in [0.5, 0.6) is 0 Å². The van der Waals surface area contributed by atoms with Gasteiger partial charge in [-0.15, -0.1) is 0 Å². The zero-order valence-electron chi connectivity index (χ0n) is 14.8. The second kappa shape index (κ2) is 5.63. The zero-order chi connectivity index (χ0) is 16.2. The van der Waals surface area contributed by atoms with Crippen molar-refractivity contribution in [3.05, 3.63) is 12.7 Å². The van der Waals surface area contributed by atoms with E-state index in [1.54, 1.807) is 0 Å². The molecule has 0 spiro atoms. The van der Waals surface area contributed by atoms with Gasteiger partial charge in [0.2, 0.25) is 0 Å². The number of hydrogen-bond acceptors (Lipinski definition) is 2. The Bertz CT molecular complexity index is 466. The topological polar surface area (TPSA) is 26.3 Å². The highest BCUT2D eigenvalue weighted by atomic mass is 16.6. The van der Waals surface area contributed by atoms with E-state index < -0.39 is 0 Å². The Morgan fingerprint density at radius 1 is 1.04 bits per heavy atom. The Kier molecular flexibility index (Phi) is 3.85. The fourth-order valence-electron chi connectivity index (χ4n) is 7.20. The Labute approximate surface area is 141 Å². The molecule has 3 unspecified atom stereocenters. The summed E-state index contributed by atoms with van der Waals surface area (Å²) in [5.41, 5.74) is -0.174. The Hall–Kier alpha value is -0.790. The number of esters is 1. The van der Waals surface area contributed by atoms with Gasteiger partial charge in [0.1, 0.15) is 5.60 Å². The first-order valence-corrected chi connectivity index (χ1v) is 9.90. The van der Waals surface area contributed by atoms with Gasteiger partial charge in [-0.3, -0.25) is 0 Å². The summed E-state index contributed by atoms with van der Waals surface area (Å²) < 4.78 is 6.37. The normalized spacial score (nSPS) is 51.5. The first-order chi connectivity index (χ1) is 11.0. The Morgan fingerprint density at radius 2 is 1.65 bits per heavy atom. The quantitative estimate of drug-likeness (QED) is 0.542. The minimum atomic E-state index is -0.178. The predicted molar refractivity (Wildman–Crippen MR) is 91.7 cm³/mol. The van der Waals surface area contributed by atoms with Crippen LogP contribution in [0, 0.1) is 41.4 Å². The van der Waals surface area contributed by atoms with Gasteiger partial charge >= 0.3 is 5.97 Å². The molecule has 0 aromatic carbocycles. The molecule has 0 aromatic heterocycles. The van der Waals surface area contributed by atoms with E-state index in [2.05, 4.69) is 20.4 Å². The van der Waals surface area contributed by atoms with Crippen molar-refractivity contribution in [2.75, 3.05) is 0 Å². The zero-order valence-corrected chi connectivity index (χ0v) is 14.8. The molecule has 2 heteroatoms. The average molecular weight is 316 g/mol. The van der Waals surface area contributed by atoms with Crippen LogP contribution in [0.25, 0.3) is 0 Å². The van der Waals surface area contributed by atoms with Gasteiger partial charge < -0.3 is 4.74 Å². The summed E-state index contributed by atoms with van der Waals surface area (Å²) in [5.74, 6) is 4.84. The first kappa shape index (κ1) is 15.7. The number of carbonyl (C=O) groups is 1. The highest BCUT2D eigenvalue weighted by Gasteiger charge is 2.63. The van der Waals surface area contributed by atoms with E-state index in [0.29, 0.717) is 23.7 Å². The molecule has 2 nitrogen and oxygen atoms in total. The molecule has 0 amide bonds. The van der Waals surface area contributed by atoms with Crippen LogP contribution in [-0.2, 0) is 9.53 Å². The van der Waals surface area contributed by atoms with Crippen LogP contribution in [0.4, 0.5) is 0 Å². The van der Waals surface area contributed by atoms with Crippen molar-refractivity contribution in [2.45, 2.75) is 70.8 Å². The summed E-state index contributed by atoms with van der Waals surface area (Å²) in [6.45, 7) is 8.50. The number of ether oxygens (including phenoxy) is 1. The third kappa shape index (κ3) is 2.31. The molecule has 128 valence electrons. The molecule has 5 rings (SSSR count). The van der Waals surface area contributed by atoms with Crippen LogP contribution in [0.15, 0.2) is 12.7 Å². The van der Waals surface area contributed by atoms with Gasteiger partial charge in [-0.25, -0.2) is 4.79 Å². The van der Waals surface area contributed by atoms with E-state index in [1.807, 2.05) is 0 Å². The van der Waals surface area contributed by atoms with Crippen molar-refractivity contribution >= 4 is 5.97 Å². The second-order valence-corrected chi connectivity index (χ2v) is 9.16. The fourth-order valence-corrected chi connectivity index (χ4v) is 7.20. The van der Waals surface area contributed by atoms with Gasteiger partial charge in [0.25, 0.3) is 0 Å². The van der Waals surface area contributed by atoms with Gasteiger partial charge in [0, 0.05) is 12.0 Å². The fraction of sp³-hybridized carbons (Fsp3) is 0.857. The van der Waals surface area contributed by atoms with Gasteiger partial charge in [-0.2, -0.15) is 0 Å². The minimum Gasteiger partial charge on any atom is -0.455 e. The van der Waals surface area contributed by atoms with Crippen LogP contribution < -0.4 is 0 Å². The Balaban J connectivity index is 1.73. The van der Waals surface area contributed by atoms with Crippen LogP contribution in [0.1, 0.15) is 65.2 Å². The first-order valence-electron chi connectivity index (χ1n) is 9.90. The smallest absolute Gasteiger partial charge is 0.330 e. The molecule has 0 aliphatic heterocycles. The van der Waals surface area contributed by atoms with Gasteiger partial charge in [-0.1, -0.05) is 33.3 Å². The number of carbonyl (C=O) groups excluding carboxylic acids is 1. The van der Waals surface area contributed by atoms with Crippen LogP contribution >= 0.6 is 0 Å². The molecule has 5 aliphatic rings. The molecule has 23 heavy (non-hydrogen) atoms. The summed E-state index contributed by atoms with van der Waals surface area (Å²) in [5, 5.41) is 0. The second-order valence-electron chi connectivity index (χ2n) is 9.16. The molecule has 0 saturated heterocycles. The van der Waals surface area contributed by atoms with E-state index in [0.717, 1.165) is 17.8 Å². The van der Waals surface area contributed by atoms with Crippen molar-refractivity contribution in [1.82, 2.24) is 0 Å². The van der Waals surface area contributed by atoms with Gasteiger partial charge in [0.15, 0.2) is 0 Å². The summed E-state index contributed by atoms with van der Waals surface area (Å²) >= 11 is 0. The van der Waals surface area contributed by atoms with Crippen LogP contribution in [0.2, 0.25) is 0 Å². The average Bonchev–Trinajstić information content (AvgIpc) is 2.53. The molecule has 4 bridgehead atoms. The van der Waals surface area contributed by atoms with Crippen molar-refractivity contribution in [3.8, 4) is 0 Å². The lowest BCUT2D eigenvalue weighted by Crippen LogP contribution is -2.65. The van der Waals surface area contributed by atoms with Crippen molar-refractivity contribution in [1.29, 1.82) is 0 Å². The third-order valence-corrected chi connectivity index (χ3v) is 8.14. The molecule has 3 atom stereocenters. The van der Waals surface area contributed by atoms with E-state index in [4.69, 9.17) is 4.74 Å². The maximum absolute atomic E-state index is 12.3. The van der Waals surface area contributed by atoms with Crippen LogP contribution in [0.3, 0.4) is 0 Å². The van der Waals surface area contributed by atoms with E-state index in [-0.39, 0.29) is 11.6 Å². The Morgan fingerprint density at radius 3 is 2.22 bits per heavy atom. The lowest BCUT2D eigenvalue weighted by molar-refractivity contribution is -0.237. The SMILES string of the molecule is C=CC(=O)OC1(C2CCCC(C)C2C)C2CC3CC(C2)CC1C3. The number of rotatable bonds is 3. The van der Waals surface area contributed by atoms with Crippen molar-refractivity contribution in [2.24, 2.45) is 41.4 Å². The maximum atomic E-state index is 12.3. The summed E-state index contributed by atoms with van der Waals surface area (Å²) in [7, 11) is 0. The molecule has 0 radical (unpaired) electrons. The van der Waals surface area contributed by atoms with E-state index in [9.17, 15) is 4.79 Å². The maximum Gasteiger partial charge on any atom is 0.330 e. The molecule has 0 heterocycles. The predicted octanol–water partition coefficient (Wildman–Crippen LogP) is 4.98. The molecular weight excluding hydrogens is 284 g/mol. The molecule has 0 aromatic rings. The summed E-state index contributed by atoms with van der Waals surface area (Å²) in [6, 6.07) is 0. The largest absolute Gasteiger partial charge is 0.455 e. The van der Waals surface area contributed by atoms with Gasteiger partial charge in [-0.05, 0) is 74.0 Å². The summed E-state index contributed by atoms with van der Waals surface area (Å²) in [4.78, 5) is 12.3. The molecule has 5 aliphatic carbocycles. The molecule has 0 N–H and O–H groups in total. The van der Waals surface area contributed by atoms with Crippen molar-refractivity contribution < 1.29 is 9.53 Å². The van der Waals surface area contributed by atoms with Gasteiger partial charge in [0.05, 0.1) is 0 Å². The lowest BCUT2D eigenvalue weighted by atomic mass is 9.45. The lowest BCUT2D eigenvalue weighted by Gasteiger charge is -2.64. The van der Waals surface area contributed by atoms with E-state index >= 15 is 0 Å². The van der Waals surface area contributed by atoms with Crippen molar-refractivity contribution in [3.63, 3.8) is 0 Å². The minimum absolute atomic E-state index is 0.174. The van der Waals surface area contributed by atoms with Crippen LogP contribution in [-0.4, -0.2) is 11.6 Å². The molecule has 5 saturated carbocycles. The monoisotopic (exact) mass is 316 g/mol. The molecule has 5 fully saturated rings. The standard InChI is InChI=1S/C21H32O2/c1-4-20(22)23-21(19-7-5-6-13(2)14(19)3)17-9-15-8-16(11-17)12-18(21)10-15/h4,13-19H,1,5-12H2,2-3H3. The third-order valence-electron chi connectivity index (χ3n) is 8.14. The molecular formula is C21H32O2. The summed E-state index contributed by atoms with van der Waals surface area (Å²) in [6.07, 6.45) is 11.9. The highest BCUT2D eigenvalue weighted by molar-refractivity contribution is 5.81. The van der Waals surface area contributed by atoms with E-state index in [1.165, 1.54) is 57.4 Å². The number of hydrogen-bond donors (Lipinski definition) is 0.